The van der Waals surface area contributed by atoms with E-state index >= 15 is 0 Å². The van der Waals surface area contributed by atoms with Crippen LogP contribution in [0, 0.1) is 0 Å². The van der Waals surface area contributed by atoms with Crippen molar-refractivity contribution in [2.45, 2.75) is 6.54 Å². The summed E-state index contributed by atoms with van der Waals surface area (Å²) in [6.07, 6.45) is 1.84. The number of imidazole rings is 1. The van der Waals surface area contributed by atoms with E-state index in [0.717, 1.165) is 38.5 Å². The zero-order valence-corrected chi connectivity index (χ0v) is 8.44. The summed E-state index contributed by atoms with van der Waals surface area (Å²) >= 11 is 0. The zero-order valence-electron chi connectivity index (χ0n) is 8.44. The summed E-state index contributed by atoms with van der Waals surface area (Å²) < 4.78 is 7.21. The van der Waals surface area contributed by atoms with Gasteiger partial charge < -0.3 is 15.0 Å². The largest absolute Gasteiger partial charge is 0.379 e. The molecule has 0 saturated carbocycles. The van der Waals surface area contributed by atoms with Crippen molar-refractivity contribution in [2.75, 3.05) is 32.0 Å². The highest BCUT2D eigenvalue weighted by atomic mass is 16.5. The number of ether oxygens (including phenoxy) is 1. The molecule has 2 rings (SSSR count). The Labute approximate surface area is 83.5 Å². The molecule has 1 aromatic rings. The Morgan fingerprint density at radius 1 is 1.50 bits per heavy atom. The Balaban J connectivity index is 1.99. The molecule has 1 aliphatic heterocycles. The number of rotatable bonds is 2. The molecule has 5 heteroatoms. The van der Waals surface area contributed by atoms with Crippen molar-refractivity contribution in [3.63, 3.8) is 0 Å². The molecule has 1 saturated heterocycles. The van der Waals surface area contributed by atoms with Gasteiger partial charge in [0.25, 0.3) is 0 Å². The van der Waals surface area contributed by atoms with Gasteiger partial charge in [0.15, 0.2) is 5.95 Å². The van der Waals surface area contributed by atoms with Gasteiger partial charge in [-0.15, -0.1) is 0 Å². The Hall–Kier alpha value is -1.07. The van der Waals surface area contributed by atoms with Gasteiger partial charge in [-0.2, -0.15) is 0 Å². The monoisotopic (exact) mass is 196 g/mol. The van der Waals surface area contributed by atoms with Gasteiger partial charge in [-0.25, -0.2) is 4.98 Å². The Kier molecular flexibility index (Phi) is 2.69. The van der Waals surface area contributed by atoms with Crippen molar-refractivity contribution in [1.82, 2.24) is 14.5 Å². The Bertz CT molecular complexity index is 304. The van der Waals surface area contributed by atoms with Crippen LogP contribution in [0.5, 0.6) is 0 Å². The van der Waals surface area contributed by atoms with Gasteiger partial charge in [0, 0.05) is 26.7 Å². The van der Waals surface area contributed by atoms with E-state index in [9.17, 15) is 0 Å². The number of hydrogen-bond acceptors (Lipinski definition) is 4. The molecule has 0 unspecified atom stereocenters. The summed E-state index contributed by atoms with van der Waals surface area (Å²) in [6.45, 7) is 4.54. The van der Waals surface area contributed by atoms with Gasteiger partial charge in [-0.3, -0.25) is 4.90 Å². The second kappa shape index (κ2) is 3.98. The first-order valence-electron chi connectivity index (χ1n) is 4.83. The van der Waals surface area contributed by atoms with Crippen LogP contribution in [0.4, 0.5) is 5.95 Å². The minimum atomic E-state index is 0.577. The molecule has 0 radical (unpaired) electrons. The van der Waals surface area contributed by atoms with Gasteiger partial charge in [0.05, 0.1) is 25.1 Å². The van der Waals surface area contributed by atoms with E-state index in [2.05, 4.69) is 9.88 Å². The van der Waals surface area contributed by atoms with Gasteiger partial charge >= 0.3 is 0 Å². The maximum atomic E-state index is 5.65. The molecular formula is C9H16N4O. The van der Waals surface area contributed by atoms with Crippen LogP contribution in [0.25, 0.3) is 0 Å². The van der Waals surface area contributed by atoms with Crippen LogP contribution in [-0.2, 0) is 18.3 Å². The summed E-state index contributed by atoms with van der Waals surface area (Å²) in [6, 6.07) is 0. The molecule has 5 nitrogen and oxygen atoms in total. The SMILES string of the molecule is Cn1c(CN2CCOCC2)cnc1N. The molecule has 1 fully saturated rings. The number of hydrogen-bond donors (Lipinski definition) is 1. The van der Waals surface area contributed by atoms with Crippen molar-refractivity contribution in [2.24, 2.45) is 7.05 Å². The fraction of sp³-hybridized carbons (Fsp3) is 0.667. The Morgan fingerprint density at radius 2 is 2.21 bits per heavy atom. The zero-order chi connectivity index (χ0) is 9.97. The van der Waals surface area contributed by atoms with Gasteiger partial charge in [-0.1, -0.05) is 0 Å². The first kappa shape index (κ1) is 9.48. The Morgan fingerprint density at radius 3 is 2.79 bits per heavy atom. The second-order valence-electron chi connectivity index (χ2n) is 3.56. The first-order chi connectivity index (χ1) is 6.77. The molecule has 2 N–H and O–H groups in total. The van der Waals surface area contributed by atoms with Crippen molar-refractivity contribution in [1.29, 1.82) is 0 Å². The number of nitrogen functional groups attached to an aromatic ring is 1. The summed E-state index contributed by atoms with van der Waals surface area (Å²) in [5.74, 6) is 0.577. The fourth-order valence-corrected chi connectivity index (χ4v) is 1.60. The molecule has 2 heterocycles. The molecule has 0 atom stereocenters. The minimum absolute atomic E-state index is 0.577. The highest BCUT2D eigenvalue weighted by Gasteiger charge is 2.12. The highest BCUT2D eigenvalue weighted by molar-refractivity contribution is 5.21. The second-order valence-corrected chi connectivity index (χ2v) is 3.56. The standard InChI is InChI=1S/C9H16N4O/c1-12-8(6-11-9(12)10)7-13-2-4-14-5-3-13/h6H,2-5,7H2,1H3,(H2,10,11). The number of morpholine rings is 1. The molecule has 1 aliphatic rings. The lowest BCUT2D eigenvalue weighted by molar-refractivity contribution is 0.0333. The number of nitrogens with zero attached hydrogens (tertiary/aromatic N) is 3. The summed E-state index contributed by atoms with van der Waals surface area (Å²) in [5.41, 5.74) is 6.81. The van der Waals surface area contributed by atoms with Crippen LogP contribution < -0.4 is 5.73 Å². The molecule has 0 aromatic carbocycles. The quantitative estimate of drug-likeness (QED) is 0.713. The minimum Gasteiger partial charge on any atom is -0.379 e. The topological polar surface area (TPSA) is 56.3 Å². The maximum absolute atomic E-state index is 5.65. The lowest BCUT2D eigenvalue weighted by Crippen LogP contribution is -2.36. The van der Waals surface area contributed by atoms with E-state index in [1.54, 1.807) is 0 Å². The van der Waals surface area contributed by atoms with E-state index < -0.39 is 0 Å². The van der Waals surface area contributed by atoms with Crippen LogP contribution in [0.2, 0.25) is 0 Å². The molecular weight excluding hydrogens is 180 g/mol. The van der Waals surface area contributed by atoms with Gasteiger partial charge in [0.1, 0.15) is 0 Å². The molecule has 1 aromatic heterocycles. The van der Waals surface area contributed by atoms with Crippen LogP contribution in [-0.4, -0.2) is 40.8 Å². The van der Waals surface area contributed by atoms with Crippen molar-refractivity contribution in [3.05, 3.63) is 11.9 Å². The van der Waals surface area contributed by atoms with Crippen molar-refractivity contribution >= 4 is 5.95 Å². The number of aromatic nitrogens is 2. The summed E-state index contributed by atoms with van der Waals surface area (Å²) in [5, 5.41) is 0. The van der Waals surface area contributed by atoms with Crippen LogP contribution in [0.15, 0.2) is 6.20 Å². The number of nitrogens with two attached hydrogens (primary N) is 1. The molecule has 0 bridgehead atoms. The molecule has 0 aliphatic carbocycles. The predicted molar refractivity (Wildman–Crippen MR) is 53.7 cm³/mol. The summed E-state index contributed by atoms with van der Waals surface area (Å²) in [7, 11) is 1.94. The van der Waals surface area contributed by atoms with Crippen LogP contribution in [0.1, 0.15) is 5.69 Å². The number of anilines is 1. The highest BCUT2D eigenvalue weighted by Crippen LogP contribution is 2.09. The molecule has 0 amide bonds. The lowest BCUT2D eigenvalue weighted by Gasteiger charge is -2.26. The third-order valence-electron chi connectivity index (χ3n) is 2.61. The molecule has 0 spiro atoms. The molecule has 78 valence electrons. The maximum Gasteiger partial charge on any atom is 0.200 e. The van der Waals surface area contributed by atoms with Crippen molar-refractivity contribution < 1.29 is 4.74 Å². The average molecular weight is 196 g/mol. The normalized spacial score (nSPS) is 18.6. The van der Waals surface area contributed by atoms with E-state index in [0.29, 0.717) is 5.95 Å². The van der Waals surface area contributed by atoms with Gasteiger partial charge in [0.2, 0.25) is 0 Å². The lowest BCUT2D eigenvalue weighted by atomic mass is 10.3. The smallest absolute Gasteiger partial charge is 0.200 e. The van der Waals surface area contributed by atoms with Crippen molar-refractivity contribution in [3.8, 4) is 0 Å². The third-order valence-corrected chi connectivity index (χ3v) is 2.61. The fourth-order valence-electron chi connectivity index (χ4n) is 1.60. The van der Waals surface area contributed by atoms with E-state index in [1.807, 2.05) is 17.8 Å². The van der Waals surface area contributed by atoms with Crippen LogP contribution >= 0.6 is 0 Å². The van der Waals surface area contributed by atoms with Gasteiger partial charge in [-0.05, 0) is 0 Å². The average Bonchev–Trinajstić information content (AvgIpc) is 2.52. The van der Waals surface area contributed by atoms with E-state index in [1.165, 1.54) is 0 Å². The van der Waals surface area contributed by atoms with E-state index in [-0.39, 0.29) is 0 Å². The predicted octanol–water partition coefficient (Wildman–Crippen LogP) is -0.165. The summed E-state index contributed by atoms with van der Waals surface area (Å²) in [4.78, 5) is 6.41. The van der Waals surface area contributed by atoms with E-state index in [4.69, 9.17) is 10.5 Å². The molecule has 14 heavy (non-hydrogen) atoms. The third kappa shape index (κ3) is 1.88. The van der Waals surface area contributed by atoms with Crippen LogP contribution in [0.3, 0.4) is 0 Å². The first-order valence-corrected chi connectivity index (χ1v) is 4.83.